The van der Waals surface area contributed by atoms with E-state index in [1.807, 2.05) is 0 Å². The summed E-state index contributed by atoms with van der Waals surface area (Å²) in [5.41, 5.74) is 0. The highest BCUT2D eigenvalue weighted by molar-refractivity contribution is 6.67. The zero-order chi connectivity index (χ0) is 8.57. The van der Waals surface area contributed by atoms with E-state index in [2.05, 4.69) is 13.2 Å². The van der Waals surface area contributed by atoms with Crippen molar-refractivity contribution in [2.24, 2.45) is 0 Å². The number of halogens is 4. The summed E-state index contributed by atoms with van der Waals surface area (Å²) in [6.07, 6.45) is 3.28. The first kappa shape index (κ1) is 13.0. The molecule has 10 heavy (non-hydrogen) atoms. The first-order chi connectivity index (χ1) is 4.56. The monoisotopic (exact) mass is 218 g/mol. The van der Waals surface area contributed by atoms with E-state index in [4.69, 9.17) is 46.4 Å². The molecule has 0 bridgehead atoms. The lowest BCUT2D eigenvalue weighted by Gasteiger charge is -1.75. The van der Waals surface area contributed by atoms with E-state index in [-0.39, 0.29) is 8.98 Å². The molecule has 0 aliphatic carbocycles. The summed E-state index contributed by atoms with van der Waals surface area (Å²) in [6.45, 7) is 6.72. The van der Waals surface area contributed by atoms with Crippen LogP contribution in [0.4, 0.5) is 0 Å². The van der Waals surface area contributed by atoms with Crippen LogP contribution in [0.15, 0.2) is 34.3 Å². The van der Waals surface area contributed by atoms with Gasteiger partial charge in [0, 0.05) is 0 Å². The van der Waals surface area contributed by atoms with Crippen molar-refractivity contribution in [3.63, 3.8) is 0 Å². The Morgan fingerprint density at radius 1 is 0.800 bits per heavy atom. The molecule has 0 aliphatic heterocycles. The average Bonchev–Trinajstić information content (AvgIpc) is 1.89. The van der Waals surface area contributed by atoms with Crippen molar-refractivity contribution in [1.82, 2.24) is 0 Å². The van der Waals surface area contributed by atoms with E-state index in [9.17, 15) is 0 Å². The summed E-state index contributed by atoms with van der Waals surface area (Å²) in [6, 6.07) is 0. The van der Waals surface area contributed by atoms with Gasteiger partial charge in [-0.25, -0.2) is 0 Å². The molecule has 0 aliphatic rings. The summed E-state index contributed by atoms with van der Waals surface area (Å²) in [7, 11) is 0. The van der Waals surface area contributed by atoms with Crippen molar-refractivity contribution < 1.29 is 0 Å². The summed E-state index contributed by atoms with van der Waals surface area (Å²) < 4.78 is -0.198. The number of rotatable bonds is 1. The van der Waals surface area contributed by atoms with Crippen LogP contribution in [0.3, 0.4) is 0 Å². The van der Waals surface area contributed by atoms with E-state index in [1.54, 1.807) is 12.2 Å². The zero-order valence-electron chi connectivity index (χ0n) is 5.08. The Morgan fingerprint density at radius 2 is 1.00 bits per heavy atom. The lowest BCUT2D eigenvalue weighted by molar-refractivity contribution is 2.15. The molecule has 0 N–H and O–H groups in total. The Hall–Kier alpha value is 0.380. The summed E-state index contributed by atoms with van der Waals surface area (Å²) in [4.78, 5) is 0. The molecule has 0 saturated carbocycles. The fraction of sp³-hybridized carbons (Fsp3) is 0. The second-order valence-electron chi connectivity index (χ2n) is 0.992. The van der Waals surface area contributed by atoms with Gasteiger partial charge < -0.3 is 0 Å². The molecule has 0 aromatic rings. The van der Waals surface area contributed by atoms with E-state index in [1.165, 1.54) is 0 Å². The van der Waals surface area contributed by atoms with Crippen LogP contribution in [0.2, 0.25) is 0 Å². The molecule has 0 spiro atoms. The number of hydrogen-bond acceptors (Lipinski definition) is 0. The van der Waals surface area contributed by atoms with Gasteiger partial charge in [0.2, 0.25) is 0 Å². The van der Waals surface area contributed by atoms with Gasteiger partial charge in [0.1, 0.15) is 8.98 Å². The Kier molecular flexibility index (Phi) is 12.2. The van der Waals surface area contributed by atoms with Gasteiger partial charge in [-0.15, -0.1) is 0 Å². The lowest BCUT2D eigenvalue weighted by atomic mass is 10.6. The zero-order valence-corrected chi connectivity index (χ0v) is 8.10. The molecule has 0 heterocycles. The quantitative estimate of drug-likeness (QED) is 0.573. The van der Waals surface area contributed by atoms with Gasteiger partial charge in [0.25, 0.3) is 0 Å². The lowest BCUT2D eigenvalue weighted by Crippen LogP contribution is -1.47. The van der Waals surface area contributed by atoms with Crippen molar-refractivity contribution in [2.75, 3.05) is 0 Å². The van der Waals surface area contributed by atoms with Gasteiger partial charge in [0.05, 0.1) is 0 Å². The largest absolute Gasteiger partial charge is 0.136 e. The smallest absolute Gasteiger partial charge is 0.0991 e. The second kappa shape index (κ2) is 9.38. The molecule has 0 unspecified atom stereocenters. The highest BCUT2D eigenvalue weighted by Crippen LogP contribution is 2.20. The van der Waals surface area contributed by atoms with Gasteiger partial charge >= 0.3 is 0 Å². The minimum atomic E-state index is -0.0988. The van der Waals surface area contributed by atoms with Crippen molar-refractivity contribution in [1.29, 1.82) is 0 Å². The first-order valence-corrected chi connectivity index (χ1v) is 3.67. The van der Waals surface area contributed by atoms with Crippen molar-refractivity contribution >= 4 is 46.4 Å². The maximum Gasteiger partial charge on any atom is 0.136 e. The molecule has 0 amide bonds. The summed E-state index contributed by atoms with van der Waals surface area (Å²) in [5.74, 6) is 0. The highest BCUT2D eigenvalue weighted by Gasteiger charge is 1.88. The molecule has 0 atom stereocenters. The first-order valence-electron chi connectivity index (χ1n) is 2.16. The van der Waals surface area contributed by atoms with Crippen molar-refractivity contribution in [3.8, 4) is 0 Å². The predicted octanol–water partition coefficient (Wildman–Crippen LogP) is 4.43. The second-order valence-corrected chi connectivity index (χ2v) is 2.89. The highest BCUT2D eigenvalue weighted by atomic mass is 35.5. The fourth-order valence-electron chi connectivity index (χ4n) is 0. The Balaban J connectivity index is 0. The maximum absolute atomic E-state index is 4.99. The van der Waals surface area contributed by atoms with E-state index < -0.39 is 0 Å². The van der Waals surface area contributed by atoms with Gasteiger partial charge in [-0.3, -0.25) is 0 Å². The van der Waals surface area contributed by atoms with Gasteiger partial charge in [-0.1, -0.05) is 71.7 Å². The van der Waals surface area contributed by atoms with Crippen LogP contribution in [0, 0.1) is 0 Å². The molecular formula is C6H6Cl4. The minimum Gasteiger partial charge on any atom is -0.0991 e. The Bertz CT molecular complexity index is 113. The van der Waals surface area contributed by atoms with Crippen LogP contribution in [-0.2, 0) is 0 Å². The third kappa shape index (κ3) is 15.8. The maximum atomic E-state index is 4.99. The standard InChI is InChI=1S/C4H6.C2Cl4/c1-3-4-2;3-1(4)2(5)6/h3-4H,1-2H2;. The van der Waals surface area contributed by atoms with Crippen LogP contribution in [0.1, 0.15) is 0 Å². The van der Waals surface area contributed by atoms with Gasteiger partial charge in [-0.05, 0) is 0 Å². The molecule has 0 nitrogen and oxygen atoms in total. The Labute approximate surface area is 80.7 Å². The molecule has 58 valence electrons. The fourth-order valence-corrected chi connectivity index (χ4v) is 0. The molecule has 0 saturated heterocycles. The van der Waals surface area contributed by atoms with Crippen LogP contribution in [-0.4, -0.2) is 0 Å². The van der Waals surface area contributed by atoms with Gasteiger partial charge in [0.15, 0.2) is 0 Å². The molecule has 0 aromatic heterocycles. The van der Waals surface area contributed by atoms with E-state index in [0.29, 0.717) is 0 Å². The van der Waals surface area contributed by atoms with Crippen LogP contribution >= 0.6 is 46.4 Å². The third-order valence-electron chi connectivity index (χ3n) is 0.310. The predicted molar refractivity (Wildman–Crippen MR) is 50.8 cm³/mol. The normalized spacial score (nSPS) is 6.80. The van der Waals surface area contributed by atoms with Crippen molar-refractivity contribution in [2.45, 2.75) is 0 Å². The minimum absolute atomic E-state index is 0.0988. The van der Waals surface area contributed by atoms with Crippen LogP contribution in [0.25, 0.3) is 0 Å². The molecule has 0 radical (unpaired) electrons. The SMILES string of the molecule is C=CC=C.ClC(Cl)=C(Cl)Cl. The topological polar surface area (TPSA) is 0 Å². The summed E-state index contributed by atoms with van der Waals surface area (Å²) >= 11 is 20.0. The van der Waals surface area contributed by atoms with E-state index in [0.717, 1.165) is 0 Å². The third-order valence-corrected chi connectivity index (χ3v) is 1.45. The molecular weight excluding hydrogens is 214 g/mol. The summed E-state index contributed by atoms with van der Waals surface area (Å²) in [5, 5.41) is 0. The number of hydrogen-bond donors (Lipinski definition) is 0. The number of allylic oxidation sites excluding steroid dienone is 2. The van der Waals surface area contributed by atoms with E-state index >= 15 is 0 Å². The molecule has 4 heteroatoms. The molecule has 0 fully saturated rings. The average molecular weight is 220 g/mol. The van der Waals surface area contributed by atoms with Crippen LogP contribution < -0.4 is 0 Å². The van der Waals surface area contributed by atoms with Crippen molar-refractivity contribution in [3.05, 3.63) is 34.3 Å². The molecule has 0 aromatic carbocycles. The van der Waals surface area contributed by atoms with Gasteiger partial charge in [-0.2, -0.15) is 0 Å². The Morgan fingerprint density at radius 3 is 1.00 bits per heavy atom. The molecule has 0 rings (SSSR count). The van der Waals surface area contributed by atoms with Crippen LogP contribution in [0.5, 0.6) is 0 Å².